The third kappa shape index (κ3) is 5.85. The molecule has 1 nitrogen and oxygen atoms in total. The topological polar surface area (TPSA) is 3.24 Å². The van der Waals surface area contributed by atoms with Gasteiger partial charge in [-0.3, -0.25) is 0 Å². The Morgan fingerprint density at radius 3 is 1.69 bits per heavy atom. The van der Waals surface area contributed by atoms with Gasteiger partial charge in [0.15, 0.2) is 0 Å². The van der Waals surface area contributed by atoms with E-state index in [4.69, 9.17) is 0 Å². The van der Waals surface area contributed by atoms with Gasteiger partial charge in [-0.15, -0.1) is 11.3 Å². The van der Waals surface area contributed by atoms with Gasteiger partial charge in [-0.2, -0.15) is 0 Å². The van der Waals surface area contributed by atoms with Gasteiger partial charge in [0.25, 0.3) is 0 Å². The molecule has 0 saturated heterocycles. The summed E-state index contributed by atoms with van der Waals surface area (Å²) >= 11 is 1.88. The van der Waals surface area contributed by atoms with Crippen molar-refractivity contribution < 1.29 is 0 Å². The Morgan fingerprint density at radius 1 is 0.308 bits per heavy atom. The molecule has 0 spiro atoms. The molecule has 2 heteroatoms. The summed E-state index contributed by atoms with van der Waals surface area (Å²) in [5.74, 6) is 0. The van der Waals surface area contributed by atoms with Gasteiger partial charge in [0, 0.05) is 37.2 Å². The molecule has 65 heavy (non-hydrogen) atoms. The fraction of sp³-hybridized carbons (Fsp3) is 0.0159. The first kappa shape index (κ1) is 37.5. The first-order chi connectivity index (χ1) is 32.2. The van der Waals surface area contributed by atoms with Gasteiger partial charge in [0.1, 0.15) is 0 Å². The summed E-state index contributed by atoms with van der Waals surface area (Å²) in [4.78, 5) is 2.48. The summed E-state index contributed by atoms with van der Waals surface area (Å²) in [6.07, 6.45) is 0. The van der Waals surface area contributed by atoms with Gasteiger partial charge in [0.05, 0.1) is 5.41 Å². The second-order valence-corrected chi connectivity index (χ2v) is 18.2. The van der Waals surface area contributed by atoms with Crippen molar-refractivity contribution >= 4 is 70.1 Å². The van der Waals surface area contributed by atoms with E-state index in [0.717, 1.165) is 17.1 Å². The van der Waals surface area contributed by atoms with E-state index in [1.165, 1.54) is 97.4 Å². The van der Waals surface area contributed by atoms with E-state index in [0.29, 0.717) is 0 Å². The van der Waals surface area contributed by atoms with E-state index >= 15 is 0 Å². The molecule has 0 unspecified atom stereocenters. The Bertz CT molecular complexity index is 3730. The van der Waals surface area contributed by atoms with Crippen LogP contribution in [-0.4, -0.2) is 0 Å². The maximum absolute atomic E-state index is 2.48. The SMILES string of the molecule is c1ccc(-c2cccc(N(c3ccc4c(c3)C(c3ccccc3)(c3ccccc3)c3ccccc3-4)c3ccc4sc5cccc(-c6cccc7ccc8ccccc8c67)c5c4c3)c2)cc1. The van der Waals surface area contributed by atoms with Crippen molar-refractivity contribution in [3.63, 3.8) is 0 Å². The van der Waals surface area contributed by atoms with E-state index in [-0.39, 0.29) is 0 Å². The molecule has 13 rings (SSSR count). The summed E-state index contributed by atoms with van der Waals surface area (Å²) in [7, 11) is 0. The summed E-state index contributed by atoms with van der Waals surface area (Å²) in [6, 6.07) is 92.2. The number of benzene rings is 11. The zero-order chi connectivity index (χ0) is 42.9. The maximum atomic E-state index is 2.48. The summed E-state index contributed by atoms with van der Waals surface area (Å²) in [6.45, 7) is 0. The lowest BCUT2D eigenvalue weighted by Gasteiger charge is -2.35. The van der Waals surface area contributed by atoms with Crippen LogP contribution in [0.3, 0.4) is 0 Å². The van der Waals surface area contributed by atoms with Crippen LogP contribution >= 0.6 is 11.3 Å². The Kier molecular flexibility index (Phi) is 8.69. The zero-order valence-electron chi connectivity index (χ0n) is 35.5. The highest BCUT2D eigenvalue weighted by molar-refractivity contribution is 7.26. The normalized spacial score (nSPS) is 12.7. The Balaban J connectivity index is 1.07. The van der Waals surface area contributed by atoms with Crippen LogP contribution in [0, 0.1) is 0 Å². The molecule has 0 atom stereocenters. The molecule has 1 aromatic heterocycles. The predicted molar refractivity (Wildman–Crippen MR) is 277 cm³/mol. The minimum atomic E-state index is -0.521. The molecule has 0 N–H and O–H groups in total. The summed E-state index contributed by atoms with van der Waals surface area (Å²) < 4.78 is 2.56. The van der Waals surface area contributed by atoms with Gasteiger partial charge in [-0.05, 0) is 126 Å². The van der Waals surface area contributed by atoms with Crippen molar-refractivity contribution in [3.8, 4) is 33.4 Å². The molecule has 0 fully saturated rings. The van der Waals surface area contributed by atoms with Gasteiger partial charge in [-0.1, -0.05) is 200 Å². The summed E-state index contributed by atoms with van der Waals surface area (Å²) in [5, 5.41) is 7.64. The lowest BCUT2D eigenvalue weighted by Crippen LogP contribution is -2.28. The van der Waals surface area contributed by atoms with Crippen molar-refractivity contribution in [1.82, 2.24) is 0 Å². The van der Waals surface area contributed by atoms with Crippen LogP contribution in [0.1, 0.15) is 22.3 Å². The molecule has 0 aliphatic heterocycles. The molecular formula is C63H41NS. The number of rotatable bonds is 7. The number of nitrogens with zero attached hydrogens (tertiary/aromatic N) is 1. The van der Waals surface area contributed by atoms with Gasteiger partial charge >= 0.3 is 0 Å². The standard InChI is InChI=1S/C63H41NS/c1-4-17-42(18-5-1)45-21-14-26-48(39-45)64(50-35-37-53-52-28-12-13-31-57(52)63(58(53)41-50,46-22-6-2-7-23-46)47-24-8-3-9-25-47)49-36-38-59-56(40-49)62-55(30-16-32-60(62)65-59)54-29-15-20-44-34-33-43-19-10-11-27-51(43)61(44)54/h1-41H. The van der Waals surface area contributed by atoms with E-state index in [1.54, 1.807) is 0 Å². The van der Waals surface area contributed by atoms with E-state index in [2.05, 4.69) is 254 Å². The number of fused-ring (bicyclic) bond motifs is 9. The van der Waals surface area contributed by atoms with Crippen LogP contribution < -0.4 is 4.90 Å². The van der Waals surface area contributed by atoms with Gasteiger partial charge < -0.3 is 4.90 Å². The van der Waals surface area contributed by atoms with E-state index in [1.807, 2.05) is 11.3 Å². The quantitative estimate of drug-likeness (QED) is 0.145. The highest BCUT2D eigenvalue weighted by Crippen LogP contribution is 2.57. The molecule has 1 heterocycles. The minimum Gasteiger partial charge on any atom is -0.310 e. The van der Waals surface area contributed by atoms with Crippen molar-refractivity contribution in [1.29, 1.82) is 0 Å². The smallest absolute Gasteiger partial charge is 0.0714 e. The zero-order valence-corrected chi connectivity index (χ0v) is 36.3. The highest BCUT2D eigenvalue weighted by atomic mass is 32.1. The third-order valence-electron chi connectivity index (χ3n) is 13.7. The Morgan fingerprint density at radius 2 is 0.877 bits per heavy atom. The highest BCUT2D eigenvalue weighted by Gasteiger charge is 2.46. The average molecular weight is 844 g/mol. The minimum absolute atomic E-state index is 0.521. The largest absolute Gasteiger partial charge is 0.310 e. The molecule has 0 saturated carbocycles. The molecule has 304 valence electrons. The van der Waals surface area contributed by atoms with Crippen LogP contribution in [0.4, 0.5) is 17.1 Å². The van der Waals surface area contributed by atoms with Crippen molar-refractivity contribution in [2.24, 2.45) is 0 Å². The molecule has 1 aliphatic carbocycles. The molecule has 1 aliphatic rings. The molecule has 0 bridgehead atoms. The molecule has 0 amide bonds. The number of anilines is 3. The molecule has 11 aromatic carbocycles. The number of thiophene rings is 1. The fourth-order valence-electron chi connectivity index (χ4n) is 10.9. The maximum Gasteiger partial charge on any atom is 0.0714 e. The monoisotopic (exact) mass is 843 g/mol. The van der Waals surface area contributed by atoms with Crippen LogP contribution in [0.15, 0.2) is 249 Å². The van der Waals surface area contributed by atoms with E-state index in [9.17, 15) is 0 Å². The van der Waals surface area contributed by atoms with Crippen molar-refractivity contribution in [3.05, 3.63) is 271 Å². The van der Waals surface area contributed by atoms with Gasteiger partial charge in [0.2, 0.25) is 0 Å². The summed E-state index contributed by atoms with van der Waals surface area (Å²) in [5.41, 5.74) is 15.3. The Labute approximate surface area is 382 Å². The number of hydrogen-bond acceptors (Lipinski definition) is 2. The molecule has 12 aromatic rings. The second kappa shape index (κ2) is 15.1. The van der Waals surface area contributed by atoms with Crippen molar-refractivity contribution in [2.45, 2.75) is 5.41 Å². The predicted octanol–water partition coefficient (Wildman–Crippen LogP) is 17.5. The van der Waals surface area contributed by atoms with Crippen molar-refractivity contribution in [2.75, 3.05) is 4.90 Å². The lowest BCUT2D eigenvalue weighted by atomic mass is 9.67. The second-order valence-electron chi connectivity index (χ2n) is 17.2. The van der Waals surface area contributed by atoms with Gasteiger partial charge in [-0.25, -0.2) is 0 Å². The van der Waals surface area contributed by atoms with Crippen LogP contribution in [0.25, 0.3) is 75.1 Å². The Hall–Kier alpha value is -8.04. The van der Waals surface area contributed by atoms with Crippen LogP contribution in [0.5, 0.6) is 0 Å². The van der Waals surface area contributed by atoms with Crippen LogP contribution in [0.2, 0.25) is 0 Å². The first-order valence-electron chi connectivity index (χ1n) is 22.4. The first-order valence-corrected chi connectivity index (χ1v) is 23.2. The average Bonchev–Trinajstić information content (AvgIpc) is 3.90. The lowest BCUT2D eigenvalue weighted by molar-refractivity contribution is 0.768. The molecule has 0 radical (unpaired) electrons. The van der Waals surface area contributed by atoms with Crippen LogP contribution in [-0.2, 0) is 5.41 Å². The molecular weight excluding hydrogens is 803 g/mol. The fourth-order valence-corrected chi connectivity index (χ4v) is 12.0. The number of hydrogen-bond donors (Lipinski definition) is 0. The van der Waals surface area contributed by atoms with E-state index < -0.39 is 5.41 Å². The third-order valence-corrected chi connectivity index (χ3v) is 14.8.